The van der Waals surface area contributed by atoms with Gasteiger partial charge in [-0.15, -0.1) is 0 Å². The van der Waals surface area contributed by atoms with Gasteiger partial charge in [0.2, 0.25) is 0 Å². The zero-order valence-electron chi connectivity index (χ0n) is 7.46. The number of carbonyl (C=O) groups is 2. The van der Waals surface area contributed by atoms with E-state index in [-0.39, 0.29) is 11.6 Å². The molecular formula is C10H8Cl2O2. The molecule has 4 heteroatoms. The Labute approximate surface area is 91.8 Å². The summed E-state index contributed by atoms with van der Waals surface area (Å²) >= 11 is 10.8. The van der Waals surface area contributed by atoms with Gasteiger partial charge in [-0.25, -0.2) is 0 Å². The zero-order valence-corrected chi connectivity index (χ0v) is 8.97. The lowest BCUT2D eigenvalue weighted by Gasteiger charge is -2.01. The lowest BCUT2D eigenvalue weighted by Crippen LogP contribution is -2.08. The fourth-order valence-electron chi connectivity index (χ4n) is 0.995. The van der Waals surface area contributed by atoms with E-state index in [2.05, 4.69) is 0 Å². The molecule has 0 radical (unpaired) electrons. The van der Waals surface area contributed by atoms with Gasteiger partial charge in [0, 0.05) is 11.1 Å². The summed E-state index contributed by atoms with van der Waals surface area (Å²) < 4.78 is 0. The first-order valence-corrected chi connectivity index (χ1v) is 4.83. The molecule has 0 saturated heterocycles. The molecule has 0 amide bonds. The van der Waals surface area contributed by atoms with Crippen LogP contribution in [-0.2, 0) is 0 Å². The molecule has 0 atom stereocenters. The van der Waals surface area contributed by atoms with E-state index in [9.17, 15) is 9.59 Å². The van der Waals surface area contributed by atoms with Gasteiger partial charge in [0.25, 0.3) is 0 Å². The third kappa shape index (κ3) is 2.56. The lowest BCUT2D eigenvalue weighted by atomic mass is 10.1. The zero-order chi connectivity index (χ0) is 10.7. The van der Waals surface area contributed by atoms with Gasteiger partial charge in [-0.05, 0) is 6.92 Å². The topological polar surface area (TPSA) is 34.1 Å². The molecule has 0 bridgehead atoms. The summed E-state index contributed by atoms with van der Waals surface area (Å²) in [5.74, 6) is -0.402. The van der Waals surface area contributed by atoms with E-state index >= 15 is 0 Å². The number of benzene rings is 1. The SMILES string of the molecule is CC(=O)c1ccc(C(=O)C(Cl)Cl)cc1. The Morgan fingerprint density at radius 3 is 1.86 bits per heavy atom. The van der Waals surface area contributed by atoms with Crippen molar-refractivity contribution in [2.24, 2.45) is 0 Å². The largest absolute Gasteiger partial charge is 0.295 e. The number of hydrogen-bond acceptors (Lipinski definition) is 2. The molecule has 0 aliphatic rings. The van der Waals surface area contributed by atoms with Crippen molar-refractivity contribution < 1.29 is 9.59 Å². The summed E-state index contributed by atoms with van der Waals surface area (Å²) in [6, 6.07) is 6.23. The fourth-order valence-corrected chi connectivity index (χ4v) is 1.25. The van der Waals surface area contributed by atoms with E-state index in [0.29, 0.717) is 11.1 Å². The van der Waals surface area contributed by atoms with Crippen LogP contribution in [0, 0.1) is 0 Å². The van der Waals surface area contributed by atoms with Gasteiger partial charge >= 0.3 is 0 Å². The van der Waals surface area contributed by atoms with Crippen LogP contribution in [0.25, 0.3) is 0 Å². The van der Waals surface area contributed by atoms with E-state index in [0.717, 1.165) is 0 Å². The molecule has 0 unspecified atom stereocenters. The number of carbonyl (C=O) groups excluding carboxylic acids is 2. The Hall–Kier alpha value is -0.860. The molecule has 1 rings (SSSR count). The van der Waals surface area contributed by atoms with Crippen LogP contribution in [-0.4, -0.2) is 16.4 Å². The minimum atomic E-state index is -1.06. The quantitative estimate of drug-likeness (QED) is 0.592. The maximum Gasteiger partial charge on any atom is 0.195 e. The van der Waals surface area contributed by atoms with E-state index in [1.165, 1.54) is 19.1 Å². The van der Waals surface area contributed by atoms with Gasteiger partial charge in [-0.2, -0.15) is 0 Å². The number of Topliss-reactive ketones (excluding diaryl/α,β-unsaturated/α-hetero) is 2. The number of ketones is 2. The minimum absolute atomic E-state index is 0.0442. The number of rotatable bonds is 3. The van der Waals surface area contributed by atoms with E-state index in [4.69, 9.17) is 23.2 Å². The molecule has 0 saturated carbocycles. The minimum Gasteiger partial charge on any atom is -0.295 e. The highest BCUT2D eigenvalue weighted by Gasteiger charge is 2.13. The summed E-state index contributed by atoms with van der Waals surface area (Å²) in [6.45, 7) is 1.46. The first-order valence-electron chi connectivity index (χ1n) is 3.95. The van der Waals surface area contributed by atoms with Gasteiger partial charge in [0.15, 0.2) is 16.4 Å². The summed E-state index contributed by atoms with van der Waals surface area (Å²) in [5, 5.41) is 0. The van der Waals surface area contributed by atoms with Crippen molar-refractivity contribution in [3.8, 4) is 0 Å². The molecule has 0 aliphatic heterocycles. The van der Waals surface area contributed by atoms with Crippen LogP contribution in [0.15, 0.2) is 24.3 Å². The Morgan fingerprint density at radius 2 is 1.50 bits per heavy atom. The molecule has 0 spiro atoms. The summed E-state index contributed by atoms with van der Waals surface area (Å²) in [5.41, 5.74) is 0.965. The van der Waals surface area contributed by atoms with Crippen molar-refractivity contribution in [2.45, 2.75) is 11.8 Å². The lowest BCUT2D eigenvalue weighted by molar-refractivity contribution is 0.0998. The predicted molar refractivity (Wildman–Crippen MR) is 56.3 cm³/mol. The Balaban J connectivity index is 2.94. The molecule has 0 aliphatic carbocycles. The average molecular weight is 231 g/mol. The van der Waals surface area contributed by atoms with Gasteiger partial charge in [-0.3, -0.25) is 9.59 Å². The first kappa shape index (κ1) is 11.2. The van der Waals surface area contributed by atoms with Crippen LogP contribution in [0.3, 0.4) is 0 Å². The first-order chi connectivity index (χ1) is 6.52. The molecule has 1 aromatic carbocycles. The molecule has 0 aromatic heterocycles. The van der Waals surface area contributed by atoms with E-state index in [1.54, 1.807) is 12.1 Å². The molecule has 2 nitrogen and oxygen atoms in total. The number of halogens is 2. The Bertz CT molecular complexity index is 355. The van der Waals surface area contributed by atoms with Gasteiger partial charge in [-0.1, -0.05) is 47.5 Å². The Morgan fingerprint density at radius 1 is 1.07 bits per heavy atom. The second-order valence-electron chi connectivity index (χ2n) is 2.80. The molecule has 0 heterocycles. The smallest absolute Gasteiger partial charge is 0.195 e. The maximum absolute atomic E-state index is 11.3. The monoisotopic (exact) mass is 230 g/mol. The van der Waals surface area contributed by atoms with Crippen LogP contribution >= 0.6 is 23.2 Å². The second kappa shape index (κ2) is 4.58. The molecule has 74 valence electrons. The van der Waals surface area contributed by atoms with Crippen molar-refractivity contribution in [1.29, 1.82) is 0 Å². The van der Waals surface area contributed by atoms with Crippen LogP contribution < -0.4 is 0 Å². The van der Waals surface area contributed by atoms with Crippen LogP contribution in [0.5, 0.6) is 0 Å². The normalized spacial score (nSPS) is 10.3. The Kier molecular flexibility index (Phi) is 3.67. The van der Waals surface area contributed by atoms with E-state index in [1.807, 2.05) is 0 Å². The highest BCUT2D eigenvalue weighted by Crippen LogP contribution is 2.13. The van der Waals surface area contributed by atoms with Crippen molar-refractivity contribution >= 4 is 34.8 Å². The van der Waals surface area contributed by atoms with Crippen molar-refractivity contribution in [2.75, 3.05) is 0 Å². The summed E-state index contributed by atoms with van der Waals surface area (Å²) in [6.07, 6.45) is 0. The fraction of sp³-hybridized carbons (Fsp3) is 0.200. The highest BCUT2D eigenvalue weighted by molar-refractivity contribution is 6.55. The molecule has 0 fully saturated rings. The standard InChI is InChI=1S/C10H8Cl2O2/c1-6(13)7-2-4-8(5-3-7)9(14)10(11)12/h2-5,10H,1H3. The molecule has 14 heavy (non-hydrogen) atoms. The van der Waals surface area contributed by atoms with Crippen LogP contribution in [0.4, 0.5) is 0 Å². The highest BCUT2D eigenvalue weighted by atomic mass is 35.5. The van der Waals surface area contributed by atoms with Crippen molar-refractivity contribution in [1.82, 2.24) is 0 Å². The van der Waals surface area contributed by atoms with Crippen LogP contribution in [0.1, 0.15) is 27.6 Å². The third-order valence-corrected chi connectivity index (χ3v) is 2.17. The average Bonchev–Trinajstić information content (AvgIpc) is 2.16. The maximum atomic E-state index is 11.3. The molecule has 0 N–H and O–H groups in total. The van der Waals surface area contributed by atoms with Crippen LogP contribution in [0.2, 0.25) is 0 Å². The summed E-state index contributed by atoms with van der Waals surface area (Å²) in [4.78, 5) is 21.1. The number of hydrogen-bond donors (Lipinski definition) is 0. The predicted octanol–water partition coefficient (Wildman–Crippen LogP) is 2.88. The number of alkyl halides is 2. The van der Waals surface area contributed by atoms with Gasteiger partial charge in [0.1, 0.15) is 0 Å². The summed E-state index contributed by atoms with van der Waals surface area (Å²) in [7, 11) is 0. The van der Waals surface area contributed by atoms with E-state index < -0.39 is 4.84 Å². The van der Waals surface area contributed by atoms with Crippen molar-refractivity contribution in [3.63, 3.8) is 0 Å². The molecular weight excluding hydrogens is 223 g/mol. The third-order valence-electron chi connectivity index (χ3n) is 1.77. The van der Waals surface area contributed by atoms with Gasteiger partial charge in [0.05, 0.1) is 0 Å². The van der Waals surface area contributed by atoms with Crippen molar-refractivity contribution in [3.05, 3.63) is 35.4 Å². The molecule has 1 aromatic rings. The second-order valence-corrected chi connectivity index (χ2v) is 3.89. The van der Waals surface area contributed by atoms with Gasteiger partial charge < -0.3 is 0 Å².